The van der Waals surface area contributed by atoms with E-state index in [1.54, 1.807) is 6.20 Å². The molecule has 1 aromatic rings. The maximum atomic E-state index is 10.4. The predicted octanol–water partition coefficient (Wildman–Crippen LogP) is 1.45. The Labute approximate surface area is 119 Å². The van der Waals surface area contributed by atoms with Crippen molar-refractivity contribution in [3.05, 3.63) is 29.6 Å². The van der Waals surface area contributed by atoms with Gasteiger partial charge in [0, 0.05) is 19.3 Å². The first-order valence-corrected chi connectivity index (χ1v) is 7.06. The summed E-state index contributed by atoms with van der Waals surface area (Å²) >= 11 is 5.02. The number of thiocarbonyl (C=S) groups is 1. The van der Waals surface area contributed by atoms with Gasteiger partial charge in [-0.3, -0.25) is 9.88 Å². The minimum absolute atomic E-state index is 0.323. The SMILES string of the molecule is CN(Cc1cccnc1C(N)=S)CC1(O)CCCC1. The molecule has 0 aliphatic heterocycles. The molecule has 1 aliphatic carbocycles. The van der Waals surface area contributed by atoms with Crippen LogP contribution in [0.25, 0.3) is 0 Å². The van der Waals surface area contributed by atoms with E-state index in [0.717, 1.165) is 31.2 Å². The molecule has 0 saturated heterocycles. The van der Waals surface area contributed by atoms with Crippen LogP contribution in [0.3, 0.4) is 0 Å². The molecule has 1 heterocycles. The van der Waals surface area contributed by atoms with Crippen LogP contribution < -0.4 is 5.73 Å². The number of pyridine rings is 1. The normalized spacial score (nSPS) is 17.8. The fraction of sp³-hybridized carbons (Fsp3) is 0.571. The molecule has 0 atom stereocenters. The van der Waals surface area contributed by atoms with Gasteiger partial charge in [-0.15, -0.1) is 0 Å². The third-order valence-electron chi connectivity index (χ3n) is 3.66. The lowest BCUT2D eigenvalue weighted by molar-refractivity contribution is 0.0145. The van der Waals surface area contributed by atoms with Crippen LogP contribution in [0.2, 0.25) is 0 Å². The highest BCUT2D eigenvalue weighted by molar-refractivity contribution is 7.80. The summed E-state index contributed by atoms with van der Waals surface area (Å²) in [5, 5.41) is 10.4. The minimum Gasteiger partial charge on any atom is -0.389 e. The second kappa shape index (κ2) is 5.94. The summed E-state index contributed by atoms with van der Waals surface area (Å²) in [6, 6.07) is 3.87. The van der Waals surface area contributed by atoms with E-state index < -0.39 is 5.60 Å². The van der Waals surface area contributed by atoms with Crippen molar-refractivity contribution in [1.82, 2.24) is 9.88 Å². The molecule has 0 aromatic carbocycles. The zero-order chi connectivity index (χ0) is 13.9. The maximum Gasteiger partial charge on any atom is 0.123 e. The Morgan fingerprint density at radius 2 is 2.21 bits per heavy atom. The molecule has 3 N–H and O–H groups in total. The quantitative estimate of drug-likeness (QED) is 0.799. The number of rotatable bonds is 5. The first-order chi connectivity index (χ1) is 9.00. The van der Waals surface area contributed by atoms with E-state index in [1.807, 2.05) is 19.2 Å². The number of nitrogens with zero attached hydrogens (tertiary/aromatic N) is 2. The molecule has 2 rings (SSSR count). The molecule has 1 aliphatic rings. The second-order valence-corrected chi connectivity index (χ2v) is 5.92. The summed E-state index contributed by atoms with van der Waals surface area (Å²) in [4.78, 5) is 6.66. The van der Waals surface area contributed by atoms with E-state index in [-0.39, 0.29) is 0 Å². The van der Waals surface area contributed by atoms with Crippen molar-refractivity contribution in [2.45, 2.75) is 37.8 Å². The summed E-state index contributed by atoms with van der Waals surface area (Å²) in [6.45, 7) is 1.38. The van der Waals surface area contributed by atoms with Crippen LogP contribution in [0, 0.1) is 0 Å². The Bertz CT molecular complexity index is 458. The third kappa shape index (κ3) is 3.72. The Hall–Kier alpha value is -1.04. The van der Waals surface area contributed by atoms with Crippen LogP contribution in [-0.2, 0) is 6.54 Å². The minimum atomic E-state index is -0.527. The van der Waals surface area contributed by atoms with Crippen molar-refractivity contribution < 1.29 is 5.11 Å². The summed E-state index contributed by atoms with van der Waals surface area (Å²) < 4.78 is 0. The van der Waals surface area contributed by atoms with Gasteiger partial charge in [-0.1, -0.05) is 31.1 Å². The van der Waals surface area contributed by atoms with E-state index in [9.17, 15) is 5.11 Å². The number of hydrogen-bond acceptors (Lipinski definition) is 4. The van der Waals surface area contributed by atoms with Gasteiger partial charge in [-0.05, 0) is 31.5 Å². The lowest BCUT2D eigenvalue weighted by atomic mass is 10.0. The van der Waals surface area contributed by atoms with Crippen molar-refractivity contribution in [3.63, 3.8) is 0 Å². The van der Waals surface area contributed by atoms with Gasteiger partial charge in [0.25, 0.3) is 0 Å². The molecule has 0 amide bonds. The number of likely N-dealkylation sites (N-methyl/N-ethyl adjacent to an activating group) is 1. The highest BCUT2D eigenvalue weighted by atomic mass is 32.1. The number of aromatic nitrogens is 1. The summed E-state index contributed by atoms with van der Waals surface area (Å²) in [5.41, 5.74) is 6.85. The summed E-state index contributed by atoms with van der Waals surface area (Å²) in [6.07, 6.45) is 5.73. The first-order valence-electron chi connectivity index (χ1n) is 6.65. The van der Waals surface area contributed by atoms with Gasteiger partial charge in [0.15, 0.2) is 0 Å². The highest BCUT2D eigenvalue weighted by Gasteiger charge is 2.32. The van der Waals surface area contributed by atoms with E-state index in [0.29, 0.717) is 23.8 Å². The van der Waals surface area contributed by atoms with Crippen LogP contribution in [0.1, 0.15) is 36.9 Å². The molecule has 104 valence electrons. The van der Waals surface area contributed by atoms with Gasteiger partial charge in [0.05, 0.1) is 5.60 Å². The molecule has 19 heavy (non-hydrogen) atoms. The highest BCUT2D eigenvalue weighted by Crippen LogP contribution is 2.30. The van der Waals surface area contributed by atoms with Crippen molar-refractivity contribution in [2.24, 2.45) is 5.73 Å². The van der Waals surface area contributed by atoms with Crippen molar-refractivity contribution in [1.29, 1.82) is 0 Å². The number of hydrogen-bond donors (Lipinski definition) is 2. The lowest BCUT2D eigenvalue weighted by Crippen LogP contribution is -2.39. The van der Waals surface area contributed by atoms with E-state index in [4.69, 9.17) is 18.0 Å². The van der Waals surface area contributed by atoms with Crippen LogP contribution >= 0.6 is 12.2 Å². The van der Waals surface area contributed by atoms with Gasteiger partial charge in [0.1, 0.15) is 10.7 Å². The van der Waals surface area contributed by atoms with Crippen molar-refractivity contribution >= 4 is 17.2 Å². The number of aliphatic hydroxyl groups is 1. The summed E-state index contributed by atoms with van der Waals surface area (Å²) in [7, 11) is 2.01. The second-order valence-electron chi connectivity index (χ2n) is 5.48. The Kier molecular flexibility index (Phi) is 4.50. The largest absolute Gasteiger partial charge is 0.389 e. The Balaban J connectivity index is 2.02. The molecule has 0 bridgehead atoms. The van der Waals surface area contributed by atoms with Gasteiger partial charge in [0.2, 0.25) is 0 Å². The summed E-state index contributed by atoms with van der Waals surface area (Å²) in [5.74, 6) is 0. The van der Waals surface area contributed by atoms with Crippen molar-refractivity contribution in [3.8, 4) is 0 Å². The zero-order valence-electron chi connectivity index (χ0n) is 11.3. The predicted molar refractivity (Wildman–Crippen MR) is 79.9 cm³/mol. The van der Waals surface area contributed by atoms with Crippen LogP contribution in [-0.4, -0.2) is 39.2 Å². The lowest BCUT2D eigenvalue weighted by Gasteiger charge is -2.28. The molecular formula is C14H21N3OS. The van der Waals surface area contributed by atoms with E-state index in [1.165, 1.54) is 0 Å². The van der Waals surface area contributed by atoms with Gasteiger partial charge >= 0.3 is 0 Å². The smallest absolute Gasteiger partial charge is 0.123 e. The van der Waals surface area contributed by atoms with Crippen LogP contribution in [0.5, 0.6) is 0 Å². The molecule has 4 nitrogen and oxygen atoms in total. The molecule has 1 fully saturated rings. The fourth-order valence-corrected chi connectivity index (χ4v) is 3.01. The van der Waals surface area contributed by atoms with Crippen LogP contribution in [0.4, 0.5) is 0 Å². The monoisotopic (exact) mass is 279 g/mol. The van der Waals surface area contributed by atoms with Gasteiger partial charge in [-0.25, -0.2) is 0 Å². The van der Waals surface area contributed by atoms with Crippen molar-refractivity contribution in [2.75, 3.05) is 13.6 Å². The molecule has 5 heteroatoms. The first kappa shape index (κ1) is 14.4. The van der Waals surface area contributed by atoms with Crippen LogP contribution in [0.15, 0.2) is 18.3 Å². The Morgan fingerprint density at radius 3 is 2.84 bits per heavy atom. The van der Waals surface area contributed by atoms with Gasteiger partial charge < -0.3 is 10.8 Å². The van der Waals surface area contributed by atoms with E-state index in [2.05, 4.69) is 9.88 Å². The molecule has 1 aromatic heterocycles. The number of nitrogens with two attached hydrogens (primary N) is 1. The standard InChI is InChI=1S/C14H21N3OS/c1-17(10-14(18)6-2-3-7-14)9-11-5-4-8-16-12(11)13(15)19/h4-5,8,18H,2-3,6-7,9-10H2,1H3,(H2,15,19). The molecule has 1 saturated carbocycles. The topological polar surface area (TPSA) is 62.4 Å². The average Bonchev–Trinajstić information content (AvgIpc) is 2.75. The average molecular weight is 279 g/mol. The third-order valence-corrected chi connectivity index (χ3v) is 3.86. The maximum absolute atomic E-state index is 10.4. The molecule has 0 radical (unpaired) electrons. The molecule has 0 unspecified atom stereocenters. The molecular weight excluding hydrogens is 258 g/mol. The molecule has 0 spiro atoms. The zero-order valence-corrected chi connectivity index (χ0v) is 12.1. The fourth-order valence-electron chi connectivity index (χ4n) is 2.83. The van der Waals surface area contributed by atoms with Gasteiger partial charge in [-0.2, -0.15) is 0 Å². The van der Waals surface area contributed by atoms with E-state index >= 15 is 0 Å². The Morgan fingerprint density at radius 1 is 1.53 bits per heavy atom.